The zero-order valence-electron chi connectivity index (χ0n) is 11.8. The molecular weight excluding hydrogens is 252 g/mol. The third kappa shape index (κ3) is 12.8. The molecular formula is C13H24O6. The molecule has 0 fully saturated rings. The van der Waals surface area contributed by atoms with Gasteiger partial charge in [0, 0.05) is 0 Å². The Labute approximate surface area is 114 Å². The van der Waals surface area contributed by atoms with Crippen molar-refractivity contribution >= 4 is 12.3 Å². The summed E-state index contributed by atoms with van der Waals surface area (Å²) < 4.78 is 19.1. The van der Waals surface area contributed by atoms with E-state index in [1.165, 1.54) is 0 Å². The van der Waals surface area contributed by atoms with Crippen molar-refractivity contribution < 1.29 is 28.5 Å². The van der Waals surface area contributed by atoms with E-state index in [0.29, 0.717) is 39.3 Å². The summed E-state index contributed by atoms with van der Waals surface area (Å²) in [7, 11) is 0. The van der Waals surface area contributed by atoms with Crippen LogP contribution in [0.4, 0.5) is 9.59 Å². The molecule has 0 saturated heterocycles. The highest BCUT2D eigenvalue weighted by atomic mass is 16.7. The lowest BCUT2D eigenvalue weighted by atomic mass is 10.2. The molecule has 6 nitrogen and oxygen atoms in total. The number of rotatable bonds is 10. The Morgan fingerprint density at radius 3 is 1.37 bits per heavy atom. The first-order chi connectivity index (χ1) is 9.20. The Morgan fingerprint density at radius 1 is 0.632 bits per heavy atom. The van der Waals surface area contributed by atoms with Gasteiger partial charge in [-0.1, -0.05) is 13.8 Å². The van der Waals surface area contributed by atoms with Crippen molar-refractivity contribution in [1.29, 1.82) is 0 Å². The topological polar surface area (TPSA) is 71.1 Å². The predicted molar refractivity (Wildman–Crippen MR) is 69.0 cm³/mol. The monoisotopic (exact) mass is 276 g/mol. The second-order valence-electron chi connectivity index (χ2n) is 3.95. The first kappa shape index (κ1) is 17.5. The van der Waals surface area contributed by atoms with Crippen LogP contribution in [0, 0.1) is 0 Å². The molecule has 0 aromatic rings. The van der Waals surface area contributed by atoms with Crippen molar-refractivity contribution in [2.45, 2.75) is 46.0 Å². The summed E-state index contributed by atoms with van der Waals surface area (Å²) in [6.45, 7) is 5.24. The second-order valence-corrected chi connectivity index (χ2v) is 3.95. The minimum atomic E-state index is -0.624. The molecule has 112 valence electrons. The molecule has 0 aliphatic carbocycles. The van der Waals surface area contributed by atoms with E-state index in [9.17, 15) is 9.59 Å². The van der Waals surface area contributed by atoms with Crippen LogP contribution in [-0.4, -0.2) is 38.7 Å². The van der Waals surface area contributed by atoms with Gasteiger partial charge in [0.15, 0.2) is 0 Å². The summed E-state index contributed by atoms with van der Waals surface area (Å²) in [5.41, 5.74) is 0. The minimum Gasteiger partial charge on any atom is -0.434 e. The van der Waals surface area contributed by atoms with Crippen LogP contribution in [0.25, 0.3) is 0 Å². The Hall–Kier alpha value is -1.46. The van der Waals surface area contributed by atoms with Crippen molar-refractivity contribution in [1.82, 2.24) is 0 Å². The Bertz CT molecular complexity index is 217. The zero-order chi connectivity index (χ0) is 14.3. The largest absolute Gasteiger partial charge is 0.508 e. The van der Waals surface area contributed by atoms with Crippen molar-refractivity contribution in [2.24, 2.45) is 0 Å². The Morgan fingerprint density at radius 2 is 1.00 bits per heavy atom. The number of carbonyl (C=O) groups excluding carboxylic acids is 2. The van der Waals surface area contributed by atoms with E-state index in [1.54, 1.807) is 0 Å². The van der Waals surface area contributed by atoms with Gasteiger partial charge in [0.1, 0.15) is 0 Å². The lowest BCUT2D eigenvalue weighted by Crippen LogP contribution is -2.10. The molecule has 0 unspecified atom stereocenters. The zero-order valence-corrected chi connectivity index (χ0v) is 11.8. The van der Waals surface area contributed by atoms with E-state index in [1.807, 2.05) is 13.8 Å². The maximum absolute atomic E-state index is 11.0. The molecule has 0 spiro atoms. The van der Waals surface area contributed by atoms with Gasteiger partial charge in [-0.15, -0.1) is 0 Å². The average molecular weight is 276 g/mol. The molecule has 0 aromatic heterocycles. The van der Waals surface area contributed by atoms with Crippen molar-refractivity contribution in [3.8, 4) is 0 Å². The number of unbranched alkanes of at least 4 members (excludes halogenated alkanes) is 2. The fourth-order valence-electron chi connectivity index (χ4n) is 1.15. The lowest BCUT2D eigenvalue weighted by Gasteiger charge is -2.06. The normalized spacial score (nSPS) is 9.79. The Kier molecular flexibility index (Phi) is 12.0. The van der Waals surface area contributed by atoms with Gasteiger partial charge in [0.2, 0.25) is 0 Å². The lowest BCUT2D eigenvalue weighted by molar-refractivity contribution is 0.0502. The first-order valence-electron chi connectivity index (χ1n) is 6.79. The third-order valence-corrected chi connectivity index (χ3v) is 2.08. The molecule has 0 N–H and O–H groups in total. The summed E-state index contributed by atoms with van der Waals surface area (Å²) in [5.74, 6) is 0. The Balaban J connectivity index is 3.22. The number of hydrogen-bond donors (Lipinski definition) is 0. The van der Waals surface area contributed by atoms with Crippen molar-refractivity contribution in [3.63, 3.8) is 0 Å². The van der Waals surface area contributed by atoms with Crippen molar-refractivity contribution in [2.75, 3.05) is 26.4 Å². The van der Waals surface area contributed by atoms with Crippen LogP contribution in [0.2, 0.25) is 0 Å². The second kappa shape index (κ2) is 13.0. The summed E-state index contributed by atoms with van der Waals surface area (Å²) in [5, 5.41) is 0. The van der Waals surface area contributed by atoms with Crippen LogP contribution in [0.1, 0.15) is 46.0 Å². The molecule has 0 saturated carbocycles. The summed E-state index contributed by atoms with van der Waals surface area (Å²) >= 11 is 0. The maximum atomic E-state index is 11.0. The quantitative estimate of drug-likeness (QED) is 0.450. The fourth-order valence-corrected chi connectivity index (χ4v) is 1.15. The van der Waals surface area contributed by atoms with E-state index in [-0.39, 0.29) is 0 Å². The summed E-state index contributed by atoms with van der Waals surface area (Å²) in [6.07, 6.45) is 2.55. The van der Waals surface area contributed by atoms with Crippen LogP contribution in [0.3, 0.4) is 0 Å². The predicted octanol–water partition coefficient (Wildman–Crippen LogP) is 3.28. The van der Waals surface area contributed by atoms with Gasteiger partial charge in [-0.25, -0.2) is 9.59 Å². The van der Waals surface area contributed by atoms with Gasteiger partial charge in [0.05, 0.1) is 26.4 Å². The smallest absolute Gasteiger partial charge is 0.434 e. The van der Waals surface area contributed by atoms with Gasteiger partial charge in [-0.2, -0.15) is 0 Å². The molecule has 0 atom stereocenters. The molecule has 0 rings (SSSR count). The van der Waals surface area contributed by atoms with Crippen LogP contribution < -0.4 is 0 Å². The summed E-state index contributed by atoms with van der Waals surface area (Å²) in [6, 6.07) is 0. The van der Waals surface area contributed by atoms with E-state index in [2.05, 4.69) is 0 Å². The third-order valence-electron chi connectivity index (χ3n) is 2.08. The molecule has 0 radical (unpaired) electrons. The van der Waals surface area contributed by atoms with Crippen LogP contribution in [0.5, 0.6) is 0 Å². The molecule has 0 amide bonds. The van der Waals surface area contributed by atoms with Crippen LogP contribution in [-0.2, 0) is 18.9 Å². The number of carbonyl (C=O) groups is 2. The minimum absolute atomic E-state index is 0.322. The van der Waals surface area contributed by atoms with Gasteiger partial charge in [0.25, 0.3) is 0 Å². The highest BCUT2D eigenvalue weighted by Gasteiger charge is 2.03. The van der Waals surface area contributed by atoms with E-state index in [0.717, 1.165) is 19.3 Å². The SMILES string of the molecule is CCCOC(=O)OCCCCCOC(=O)OCCC. The van der Waals surface area contributed by atoms with Gasteiger partial charge < -0.3 is 18.9 Å². The average Bonchev–Trinajstić information content (AvgIpc) is 2.41. The van der Waals surface area contributed by atoms with E-state index >= 15 is 0 Å². The summed E-state index contributed by atoms with van der Waals surface area (Å²) in [4.78, 5) is 21.9. The number of ether oxygens (including phenoxy) is 4. The van der Waals surface area contributed by atoms with Crippen LogP contribution >= 0.6 is 0 Å². The van der Waals surface area contributed by atoms with E-state index in [4.69, 9.17) is 18.9 Å². The molecule has 0 heterocycles. The van der Waals surface area contributed by atoms with Gasteiger partial charge in [-0.3, -0.25) is 0 Å². The molecule has 0 aliphatic heterocycles. The molecule has 0 bridgehead atoms. The first-order valence-corrected chi connectivity index (χ1v) is 6.79. The maximum Gasteiger partial charge on any atom is 0.508 e. The van der Waals surface area contributed by atoms with Crippen LogP contribution in [0.15, 0.2) is 0 Å². The molecule has 0 aliphatic rings. The van der Waals surface area contributed by atoms with E-state index < -0.39 is 12.3 Å². The standard InChI is InChI=1S/C13H24O6/c1-3-8-16-12(14)18-10-6-5-7-11-19-13(15)17-9-4-2/h3-11H2,1-2H3. The molecule has 0 aromatic carbocycles. The fraction of sp³-hybridized carbons (Fsp3) is 0.846. The number of hydrogen-bond acceptors (Lipinski definition) is 6. The molecule has 19 heavy (non-hydrogen) atoms. The van der Waals surface area contributed by atoms with Gasteiger partial charge in [-0.05, 0) is 32.1 Å². The molecule has 6 heteroatoms. The highest BCUT2D eigenvalue weighted by molar-refractivity contribution is 5.60. The van der Waals surface area contributed by atoms with Crippen molar-refractivity contribution in [3.05, 3.63) is 0 Å². The van der Waals surface area contributed by atoms with Gasteiger partial charge >= 0.3 is 12.3 Å². The highest BCUT2D eigenvalue weighted by Crippen LogP contribution is 1.99.